The van der Waals surface area contributed by atoms with Gasteiger partial charge in [0.1, 0.15) is 12.4 Å². The summed E-state index contributed by atoms with van der Waals surface area (Å²) in [6.45, 7) is 3.80. The Morgan fingerprint density at radius 2 is 2.00 bits per heavy atom. The van der Waals surface area contributed by atoms with E-state index >= 15 is 0 Å². The lowest BCUT2D eigenvalue weighted by atomic mass is 10.2. The van der Waals surface area contributed by atoms with Crippen LogP contribution in [0, 0.1) is 0 Å². The number of rotatable bonds is 5. The molecule has 1 aliphatic heterocycles. The molecule has 5 heteroatoms. The third-order valence-corrected chi connectivity index (χ3v) is 3.32. The van der Waals surface area contributed by atoms with Crippen molar-refractivity contribution < 1.29 is 14.6 Å². The van der Waals surface area contributed by atoms with Gasteiger partial charge in [0.2, 0.25) is 0 Å². The molecule has 0 N–H and O–H groups in total. The van der Waals surface area contributed by atoms with Crippen LogP contribution in [0.4, 0.5) is 0 Å². The summed E-state index contributed by atoms with van der Waals surface area (Å²) in [7, 11) is 0. The van der Waals surface area contributed by atoms with Gasteiger partial charge in [0.25, 0.3) is 0 Å². The molecule has 104 valence electrons. The van der Waals surface area contributed by atoms with Crippen molar-refractivity contribution in [1.82, 2.24) is 9.88 Å². The smallest absolute Gasteiger partial charge is 0.137 e. The third kappa shape index (κ3) is 4.52. The van der Waals surface area contributed by atoms with Gasteiger partial charge in [0.05, 0.1) is 17.9 Å². The first-order chi connectivity index (χ1) is 9.25. The molecule has 0 amide bonds. The zero-order valence-electron chi connectivity index (χ0n) is 11.0. The number of hydrogen-bond donors (Lipinski definition) is 0. The number of nitrogens with zero attached hydrogens (tertiary/aromatic N) is 2. The molecule has 0 unspecified atom stereocenters. The second-order valence-corrected chi connectivity index (χ2v) is 4.77. The Morgan fingerprint density at radius 1 is 1.26 bits per heavy atom. The highest BCUT2D eigenvalue weighted by Crippen LogP contribution is 2.11. The van der Waals surface area contributed by atoms with Crippen LogP contribution in [0.15, 0.2) is 18.3 Å². The van der Waals surface area contributed by atoms with Crippen molar-refractivity contribution in [3.63, 3.8) is 0 Å². The van der Waals surface area contributed by atoms with Gasteiger partial charge in [0.15, 0.2) is 0 Å². The molecule has 0 spiro atoms. The molecule has 0 atom stereocenters. The summed E-state index contributed by atoms with van der Waals surface area (Å²) in [5.74, 6) is -0.670. The predicted octanol–water partition coefficient (Wildman–Crippen LogP) is 0.700. The molecular weight excluding hydrogens is 244 g/mol. The Bertz CT molecular complexity index is 398. The maximum absolute atomic E-state index is 10.5. The fourth-order valence-electron chi connectivity index (χ4n) is 2.24. The van der Waals surface area contributed by atoms with E-state index in [0.29, 0.717) is 12.4 Å². The maximum Gasteiger partial charge on any atom is 0.137 e. The molecule has 1 aliphatic rings. The first kappa shape index (κ1) is 13.8. The van der Waals surface area contributed by atoms with E-state index in [4.69, 9.17) is 4.74 Å². The summed E-state index contributed by atoms with van der Waals surface area (Å²) in [6, 6.07) is 3.01. The number of carboxylic acids is 1. The summed E-state index contributed by atoms with van der Waals surface area (Å²) in [6.07, 6.45) is 6.61. The lowest BCUT2D eigenvalue weighted by Gasteiger charge is -2.19. The molecule has 2 heterocycles. The highest BCUT2D eigenvalue weighted by atomic mass is 16.5. The molecule has 0 saturated carbocycles. The average molecular weight is 263 g/mol. The number of aromatic carboxylic acids is 1. The van der Waals surface area contributed by atoms with Gasteiger partial charge in [-0.15, -0.1) is 0 Å². The largest absolute Gasteiger partial charge is 0.543 e. The normalized spacial score (nSPS) is 16.8. The van der Waals surface area contributed by atoms with E-state index < -0.39 is 5.97 Å². The standard InChI is InChI=1S/C14H20N2O3/c17-14(18)13-6-5-12(11-15-13)19-10-9-16-7-3-1-2-4-8-16/h5-6,11H,1-4,7-10H2,(H,17,18)/p-1. The molecule has 0 radical (unpaired) electrons. The monoisotopic (exact) mass is 263 g/mol. The van der Waals surface area contributed by atoms with E-state index in [-0.39, 0.29) is 5.69 Å². The average Bonchev–Trinajstić information content (AvgIpc) is 2.68. The van der Waals surface area contributed by atoms with E-state index in [1.54, 1.807) is 6.07 Å². The predicted molar refractivity (Wildman–Crippen MR) is 69.0 cm³/mol. The number of pyridine rings is 1. The van der Waals surface area contributed by atoms with Gasteiger partial charge in [-0.05, 0) is 38.1 Å². The Kier molecular flexibility index (Phi) is 5.15. The lowest BCUT2D eigenvalue weighted by molar-refractivity contribution is -0.255. The number of carboxylic acid groups (broad SMARTS) is 1. The lowest BCUT2D eigenvalue weighted by Crippen LogP contribution is -2.29. The molecule has 2 rings (SSSR count). The van der Waals surface area contributed by atoms with E-state index in [1.807, 2.05) is 0 Å². The topological polar surface area (TPSA) is 65.5 Å². The minimum atomic E-state index is -1.27. The minimum Gasteiger partial charge on any atom is -0.543 e. The first-order valence-corrected chi connectivity index (χ1v) is 6.78. The zero-order chi connectivity index (χ0) is 13.5. The van der Waals surface area contributed by atoms with Crippen LogP contribution < -0.4 is 9.84 Å². The molecule has 5 nitrogen and oxygen atoms in total. The zero-order valence-corrected chi connectivity index (χ0v) is 11.0. The van der Waals surface area contributed by atoms with Crippen LogP contribution in [0.5, 0.6) is 5.75 Å². The van der Waals surface area contributed by atoms with Crippen molar-refractivity contribution in [3.8, 4) is 5.75 Å². The van der Waals surface area contributed by atoms with Gasteiger partial charge < -0.3 is 14.6 Å². The highest BCUT2D eigenvalue weighted by molar-refractivity contribution is 5.83. The van der Waals surface area contributed by atoms with Crippen LogP contribution in [-0.4, -0.2) is 42.1 Å². The van der Waals surface area contributed by atoms with Gasteiger partial charge in [-0.3, -0.25) is 9.88 Å². The van der Waals surface area contributed by atoms with Gasteiger partial charge in [0, 0.05) is 6.54 Å². The van der Waals surface area contributed by atoms with E-state index in [9.17, 15) is 9.90 Å². The number of ether oxygens (including phenoxy) is 1. The maximum atomic E-state index is 10.5. The first-order valence-electron chi connectivity index (χ1n) is 6.78. The van der Waals surface area contributed by atoms with Crippen LogP contribution in [0.25, 0.3) is 0 Å². The van der Waals surface area contributed by atoms with Crippen molar-refractivity contribution in [2.24, 2.45) is 0 Å². The second kappa shape index (κ2) is 7.09. The summed E-state index contributed by atoms with van der Waals surface area (Å²) in [5.41, 5.74) is -0.0696. The van der Waals surface area contributed by atoms with Gasteiger partial charge in [-0.25, -0.2) is 0 Å². The van der Waals surface area contributed by atoms with E-state index in [0.717, 1.165) is 19.6 Å². The molecule has 1 saturated heterocycles. The van der Waals surface area contributed by atoms with Crippen LogP contribution in [0.2, 0.25) is 0 Å². The summed E-state index contributed by atoms with van der Waals surface area (Å²) in [5, 5.41) is 10.5. The van der Waals surface area contributed by atoms with Crippen molar-refractivity contribution in [2.75, 3.05) is 26.2 Å². The minimum absolute atomic E-state index is 0.0696. The molecule has 1 aromatic rings. The Morgan fingerprint density at radius 3 is 2.58 bits per heavy atom. The SMILES string of the molecule is O=C([O-])c1ccc(OCCN2CCCCCC2)cn1. The fraction of sp³-hybridized carbons (Fsp3) is 0.571. The molecule has 19 heavy (non-hydrogen) atoms. The number of likely N-dealkylation sites (tertiary alicyclic amines) is 1. The van der Waals surface area contributed by atoms with Crippen LogP contribution >= 0.6 is 0 Å². The molecule has 0 aromatic carbocycles. The van der Waals surface area contributed by atoms with Crippen molar-refractivity contribution in [3.05, 3.63) is 24.0 Å². The molecule has 0 bridgehead atoms. The second-order valence-electron chi connectivity index (χ2n) is 4.77. The van der Waals surface area contributed by atoms with E-state index in [2.05, 4.69) is 9.88 Å². The van der Waals surface area contributed by atoms with Crippen molar-refractivity contribution >= 4 is 5.97 Å². The van der Waals surface area contributed by atoms with Crippen molar-refractivity contribution in [2.45, 2.75) is 25.7 Å². The summed E-state index contributed by atoms with van der Waals surface area (Å²) < 4.78 is 5.57. The van der Waals surface area contributed by atoms with Crippen molar-refractivity contribution in [1.29, 1.82) is 0 Å². The Labute approximate surface area is 113 Å². The molecular formula is C14H19N2O3-. The molecule has 1 fully saturated rings. The quantitative estimate of drug-likeness (QED) is 0.782. The Hall–Kier alpha value is -1.62. The van der Waals surface area contributed by atoms with Gasteiger partial charge in [-0.1, -0.05) is 12.8 Å². The summed E-state index contributed by atoms with van der Waals surface area (Å²) in [4.78, 5) is 16.7. The number of carbonyl (C=O) groups is 1. The molecule has 1 aromatic heterocycles. The summed E-state index contributed by atoms with van der Waals surface area (Å²) >= 11 is 0. The Balaban J connectivity index is 1.74. The van der Waals surface area contributed by atoms with Crippen LogP contribution in [0.3, 0.4) is 0 Å². The third-order valence-electron chi connectivity index (χ3n) is 3.32. The fourth-order valence-corrected chi connectivity index (χ4v) is 2.24. The number of aromatic nitrogens is 1. The number of hydrogen-bond acceptors (Lipinski definition) is 5. The van der Waals surface area contributed by atoms with Crippen LogP contribution in [0.1, 0.15) is 36.2 Å². The van der Waals surface area contributed by atoms with Crippen LogP contribution in [-0.2, 0) is 0 Å². The highest BCUT2D eigenvalue weighted by Gasteiger charge is 2.08. The number of carbonyl (C=O) groups excluding carboxylic acids is 1. The molecule has 0 aliphatic carbocycles. The van der Waals surface area contributed by atoms with E-state index in [1.165, 1.54) is 37.9 Å². The van der Waals surface area contributed by atoms with Gasteiger partial charge in [-0.2, -0.15) is 0 Å². The van der Waals surface area contributed by atoms with Gasteiger partial charge >= 0.3 is 0 Å².